The number of fused-ring (bicyclic) bond motifs is 8. The van der Waals surface area contributed by atoms with Gasteiger partial charge < -0.3 is 0 Å². The van der Waals surface area contributed by atoms with Crippen LogP contribution in [0.3, 0.4) is 0 Å². The van der Waals surface area contributed by atoms with E-state index in [0.717, 1.165) is 6.54 Å². The quantitative estimate of drug-likeness (QED) is 0.540. The summed E-state index contributed by atoms with van der Waals surface area (Å²) >= 11 is 0. The van der Waals surface area contributed by atoms with Crippen LogP contribution >= 0.6 is 0 Å². The molecule has 0 atom stereocenters. The Kier molecular flexibility index (Phi) is 2.17. The van der Waals surface area contributed by atoms with Gasteiger partial charge in [-0.1, -0.05) is 36.4 Å². The van der Waals surface area contributed by atoms with Crippen molar-refractivity contribution in [1.29, 1.82) is 0 Å². The Morgan fingerprint density at radius 1 is 0.667 bits per heavy atom. The van der Waals surface area contributed by atoms with Crippen LogP contribution in [0.1, 0.15) is 23.5 Å². The van der Waals surface area contributed by atoms with E-state index in [1.54, 1.807) is 0 Å². The highest BCUT2D eigenvalue weighted by Gasteiger charge is 2.35. The molecule has 0 saturated heterocycles. The molecule has 0 saturated carbocycles. The smallest absolute Gasteiger partial charge is 0.191 e. The van der Waals surface area contributed by atoms with Crippen LogP contribution in [-0.2, 0) is 6.54 Å². The van der Waals surface area contributed by atoms with Gasteiger partial charge >= 0.3 is 0 Å². The van der Waals surface area contributed by atoms with E-state index in [0.29, 0.717) is 5.92 Å². The van der Waals surface area contributed by atoms with Gasteiger partial charge in [-0.2, -0.15) is 4.57 Å². The van der Waals surface area contributed by atoms with Gasteiger partial charge in [0.1, 0.15) is 0 Å². The van der Waals surface area contributed by atoms with Gasteiger partial charge in [0.25, 0.3) is 0 Å². The van der Waals surface area contributed by atoms with E-state index >= 15 is 0 Å². The van der Waals surface area contributed by atoms with Crippen molar-refractivity contribution < 1.29 is 4.57 Å². The largest absolute Gasteiger partial charge is 0.213 e. The zero-order valence-electron chi connectivity index (χ0n) is 11.8. The van der Waals surface area contributed by atoms with Gasteiger partial charge in [-0.25, -0.2) is 0 Å². The number of rotatable bonds is 0. The average molecular weight is 270 g/mol. The Morgan fingerprint density at radius 3 is 1.86 bits per heavy atom. The monoisotopic (exact) mass is 270 g/mol. The maximum absolute atomic E-state index is 2.50. The molecule has 0 fully saturated rings. The third kappa shape index (κ3) is 1.43. The molecule has 2 bridgehead atoms. The Hall–Kier alpha value is -2.41. The van der Waals surface area contributed by atoms with Crippen molar-refractivity contribution in [3.05, 3.63) is 77.9 Å². The molecule has 5 rings (SSSR count). The van der Waals surface area contributed by atoms with Gasteiger partial charge in [-0.15, -0.1) is 0 Å². The minimum absolute atomic E-state index is 0.509. The minimum Gasteiger partial charge on any atom is -0.191 e. The lowest BCUT2D eigenvalue weighted by Gasteiger charge is -2.19. The second-order valence-corrected chi connectivity index (χ2v) is 5.96. The van der Waals surface area contributed by atoms with Gasteiger partial charge in [0.15, 0.2) is 6.54 Å². The summed E-state index contributed by atoms with van der Waals surface area (Å²) in [6, 6.07) is 24.6. The Balaban J connectivity index is 2.01. The van der Waals surface area contributed by atoms with Gasteiger partial charge in [-0.05, 0) is 29.3 Å². The Morgan fingerprint density at radius 2 is 1.24 bits per heavy atom. The summed E-state index contributed by atoms with van der Waals surface area (Å²) in [6.45, 7) is 1.10. The fraction of sp³-hybridized carbons (Fsp3) is 0.150. The highest BCUT2D eigenvalue weighted by atomic mass is 15.0. The first-order chi connectivity index (χ1) is 10.4. The van der Waals surface area contributed by atoms with Gasteiger partial charge in [0.2, 0.25) is 11.4 Å². The minimum atomic E-state index is 0.509. The van der Waals surface area contributed by atoms with Crippen molar-refractivity contribution in [2.45, 2.75) is 18.9 Å². The van der Waals surface area contributed by atoms with Crippen molar-refractivity contribution in [2.75, 3.05) is 0 Å². The molecule has 3 aromatic rings. The van der Waals surface area contributed by atoms with Crippen LogP contribution < -0.4 is 4.57 Å². The molecule has 100 valence electrons. The normalized spacial score (nSPS) is 15.0. The number of aromatic nitrogens is 1. The lowest BCUT2D eigenvalue weighted by molar-refractivity contribution is -0.674. The summed E-state index contributed by atoms with van der Waals surface area (Å²) in [6.07, 6.45) is 1.18. The summed E-state index contributed by atoms with van der Waals surface area (Å²) in [7, 11) is 0. The molecular weight excluding hydrogens is 254 g/mol. The summed E-state index contributed by atoms with van der Waals surface area (Å²) in [5.41, 5.74) is 8.48. The predicted molar refractivity (Wildman–Crippen MR) is 84.0 cm³/mol. The van der Waals surface area contributed by atoms with Gasteiger partial charge in [0.05, 0.1) is 0 Å². The second kappa shape index (κ2) is 4.05. The summed E-state index contributed by atoms with van der Waals surface area (Å²) in [5.74, 6) is 0.509. The first kappa shape index (κ1) is 11.3. The fourth-order valence-electron chi connectivity index (χ4n) is 4.06. The molecule has 1 aromatic heterocycles. The molecule has 1 heteroatoms. The SMILES string of the molecule is c1ccc2c(c1)-c1cccc3[n+]1CCC2c1ccccc1-3. The average Bonchev–Trinajstić information content (AvgIpc) is 2.82. The number of hydrogen-bond acceptors (Lipinski definition) is 0. The second-order valence-electron chi connectivity index (χ2n) is 5.96. The lowest BCUT2D eigenvalue weighted by Crippen LogP contribution is -2.37. The Labute approximate surface area is 124 Å². The third-order valence-electron chi connectivity index (χ3n) is 4.96. The zero-order chi connectivity index (χ0) is 13.8. The van der Waals surface area contributed by atoms with Crippen molar-refractivity contribution in [1.82, 2.24) is 0 Å². The van der Waals surface area contributed by atoms with E-state index in [4.69, 9.17) is 0 Å². The molecule has 2 aromatic carbocycles. The zero-order valence-corrected chi connectivity index (χ0v) is 11.8. The van der Waals surface area contributed by atoms with E-state index in [2.05, 4.69) is 71.3 Å². The third-order valence-corrected chi connectivity index (χ3v) is 4.96. The molecule has 0 N–H and O–H groups in total. The number of pyridine rings is 1. The van der Waals surface area contributed by atoms with Crippen molar-refractivity contribution in [3.8, 4) is 22.5 Å². The molecule has 0 amide bonds. The van der Waals surface area contributed by atoms with E-state index in [1.807, 2.05) is 0 Å². The van der Waals surface area contributed by atoms with E-state index < -0.39 is 0 Å². The van der Waals surface area contributed by atoms with Crippen LogP contribution in [0.15, 0.2) is 66.7 Å². The molecule has 1 nitrogen and oxygen atoms in total. The summed E-state index contributed by atoms with van der Waals surface area (Å²) in [5, 5.41) is 0. The van der Waals surface area contributed by atoms with Crippen molar-refractivity contribution in [2.24, 2.45) is 0 Å². The van der Waals surface area contributed by atoms with Crippen LogP contribution in [0, 0.1) is 0 Å². The van der Waals surface area contributed by atoms with Crippen LogP contribution in [0.25, 0.3) is 22.5 Å². The topological polar surface area (TPSA) is 3.88 Å². The predicted octanol–water partition coefficient (Wildman–Crippen LogP) is 4.16. The lowest BCUT2D eigenvalue weighted by atomic mass is 9.82. The number of nitrogens with zero attached hydrogens (tertiary/aromatic N) is 1. The molecular formula is C20H16N+. The molecule has 2 aliphatic heterocycles. The summed E-state index contributed by atoms with van der Waals surface area (Å²) < 4.78 is 2.50. The highest BCUT2D eigenvalue weighted by Crippen LogP contribution is 2.43. The first-order valence-corrected chi connectivity index (χ1v) is 7.65. The molecule has 21 heavy (non-hydrogen) atoms. The number of benzene rings is 2. The van der Waals surface area contributed by atoms with Crippen molar-refractivity contribution in [3.63, 3.8) is 0 Å². The molecule has 0 unspecified atom stereocenters. The maximum atomic E-state index is 2.50. The van der Waals surface area contributed by atoms with Crippen LogP contribution in [0.4, 0.5) is 0 Å². The molecule has 3 heterocycles. The maximum Gasteiger partial charge on any atom is 0.213 e. The standard InChI is InChI=1S/C20H16N/c1-3-8-17-14(6-1)16-12-13-21-19(17)10-5-11-20(21)18-9-4-2-7-15(16)18/h1-11,16H,12-13H2/q+1. The molecule has 0 radical (unpaired) electrons. The fourth-order valence-corrected chi connectivity index (χ4v) is 4.06. The van der Waals surface area contributed by atoms with Crippen LogP contribution in [0.2, 0.25) is 0 Å². The first-order valence-electron chi connectivity index (χ1n) is 7.65. The summed E-state index contributed by atoms with van der Waals surface area (Å²) in [4.78, 5) is 0. The van der Waals surface area contributed by atoms with Crippen molar-refractivity contribution >= 4 is 0 Å². The highest BCUT2D eigenvalue weighted by molar-refractivity contribution is 5.72. The molecule has 0 spiro atoms. The Bertz CT molecular complexity index is 797. The van der Waals surface area contributed by atoms with Gasteiger partial charge in [-0.3, -0.25) is 0 Å². The van der Waals surface area contributed by atoms with E-state index in [-0.39, 0.29) is 0 Å². The molecule has 2 aliphatic rings. The van der Waals surface area contributed by atoms with Crippen LogP contribution in [-0.4, -0.2) is 0 Å². The van der Waals surface area contributed by atoms with E-state index in [1.165, 1.54) is 40.1 Å². The number of hydrogen-bond donors (Lipinski definition) is 0. The molecule has 0 aliphatic carbocycles. The van der Waals surface area contributed by atoms with Crippen LogP contribution in [0.5, 0.6) is 0 Å². The van der Waals surface area contributed by atoms with Gasteiger partial charge in [0, 0.05) is 35.6 Å². The van der Waals surface area contributed by atoms with E-state index in [9.17, 15) is 0 Å².